The van der Waals surface area contributed by atoms with Crippen LogP contribution in [0.5, 0.6) is 23.0 Å². The molecule has 286 valence electrons. The molecule has 3 fully saturated rings. The lowest BCUT2D eigenvalue weighted by atomic mass is 9.47. The van der Waals surface area contributed by atoms with Crippen molar-refractivity contribution in [1.29, 1.82) is 0 Å². The zero-order chi connectivity index (χ0) is 37.5. The lowest BCUT2D eigenvalue weighted by molar-refractivity contribution is -0.153. The second-order valence-electron chi connectivity index (χ2n) is 17.7. The molecule has 2 aromatic carbocycles. The summed E-state index contributed by atoms with van der Waals surface area (Å²) in [6, 6.07) is 12.0. The number of allylic oxidation sites excluding steroid dienone is 1. The van der Waals surface area contributed by atoms with E-state index in [1.165, 1.54) is 56.9 Å². The Labute approximate surface area is 315 Å². The third kappa shape index (κ3) is 7.38. The van der Waals surface area contributed by atoms with E-state index >= 15 is 0 Å². The number of methoxy groups -OCH3 is 1. The van der Waals surface area contributed by atoms with Gasteiger partial charge in [-0.05, 0) is 122 Å². The van der Waals surface area contributed by atoms with Crippen LogP contribution in [0.25, 0.3) is 11.0 Å². The number of hydrogen-bond donors (Lipinski definition) is 0. The molecule has 53 heavy (non-hydrogen) atoms. The quantitative estimate of drug-likeness (QED) is 0.136. The number of rotatable bonds is 12. The molecule has 0 aliphatic heterocycles. The molecule has 0 amide bonds. The van der Waals surface area contributed by atoms with E-state index in [9.17, 15) is 9.59 Å². The number of carbonyl (C=O) groups excluding carboxylic acids is 1. The fourth-order valence-electron chi connectivity index (χ4n) is 11.4. The summed E-state index contributed by atoms with van der Waals surface area (Å²) in [7, 11) is 1.57. The monoisotopic (exact) mass is 724 g/mol. The second-order valence-corrected chi connectivity index (χ2v) is 17.7. The molecule has 3 aromatic rings. The summed E-state index contributed by atoms with van der Waals surface area (Å²) in [6.45, 7) is 13.9. The standard InChI is InChI=1S/C46H60O7/c1-28(2)10-8-11-29(3)38-18-19-39-36-16-14-31-24-35(20-22-45(31,5)40(36)21-23-46(38,39)6)52-42(47)27-50-33-15-17-37-41(26-33)51-30(4)44(43(37)48)53-34-13-9-12-32(25-34)49-7/h9,12-15,17,25-26,28-29,35-36,38-40H,8,10-11,16,18-24,27H2,1-7H3. The molecule has 0 spiro atoms. The van der Waals surface area contributed by atoms with E-state index in [1.54, 1.807) is 56.5 Å². The average Bonchev–Trinajstić information content (AvgIpc) is 3.50. The largest absolute Gasteiger partial charge is 0.497 e. The van der Waals surface area contributed by atoms with Crippen molar-refractivity contribution in [3.05, 3.63) is 70.1 Å². The molecule has 0 radical (unpaired) electrons. The van der Waals surface area contributed by atoms with Crippen molar-refractivity contribution in [3.63, 3.8) is 0 Å². The first-order valence-corrected chi connectivity index (χ1v) is 20.3. The van der Waals surface area contributed by atoms with Crippen molar-refractivity contribution in [2.24, 2.45) is 46.3 Å². The van der Waals surface area contributed by atoms with Crippen LogP contribution in [0.3, 0.4) is 0 Å². The molecule has 0 saturated heterocycles. The molecule has 0 bridgehead atoms. The van der Waals surface area contributed by atoms with E-state index < -0.39 is 0 Å². The lowest BCUT2D eigenvalue weighted by Crippen LogP contribution is -2.51. The Morgan fingerprint density at radius 1 is 0.943 bits per heavy atom. The van der Waals surface area contributed by atoms with E-state index in [-0.39, 0.29) is 35.3 Å². The highest BCUT2D eigenvalue weighted by molar-refractivity contribution is 5.80. The minimum atomic E-state index is -0.374. The molecule has 1 heterocycles. The highest BCUT2D eigenvalue weighted by Gasteiger charge is 2.59. The highest BCUT2D eigenvalue weighted by Crippen LogP contribution is 2.67. The first kappa shape index (κ1) is 37.6. The van der Waals surface area contributed by atoms with E-state index in [2.05, 4.69) is 40.7 Å². The Bertz CT molecular complexity index is 1890. The summed E-state index contributed by atoms with van der Waals surface area (Å²) in [4.78, 5) is 26.4. The maximum absolute atomic E-state index is 13.3. The van der Waals surface area contributed by atoms with Gasteiger partial charge < -0.3 is 23.4 Å². The number of carbonyl (C=O) groups is 1. The molecule has 8 atom stereocenters. The summed E-state index contributed by atoms with van der Waals surface area (Å²) in [5.41, 5.74) is 2.27. The van der Waals surface area contributed by atoms with E-state index in [4.69, 9.17) is 23.4 Å². The van der Waals surface area contributed by atoms with Crippen LogP contribution < -0.4 is 19.6 Å². The van der Waals surface area contributed by atoms with Crippen LogP contribution in [0.4, 0.5) is 0 Å². The Kier molecular flexibility index (Phi) is 10.8. The Morgan fingerprint density at radius 3 is 2.55 bits per heavy atom. The zero-order valence-electron chi connectivity index (χ0n) is 33.0. The average molecular weight is 725 g/mol. The molecule has 4 aliphatic carbocycles. The molecule has 4 aliphatic rings. The lowest BCUT2D eigenvalue weighted by Gasteiger charge is -2.58. The van der Waals surface area contributed by atoms with Crippen molar-refractivity contribution in [1.82, 2.24) is 0 Å². The summed E-state index contributed by atoms with van der Waals surface area (Å²) in [5, 5.41) is 0.360. The number of ether oxygens (including phenoxy) is 4. The molecule has 7 rings (SSSR count). The summed E-state index contributed by atoms with van der Waals surface area (Å²) >= 11 is 0. The summed E-state index contributed by atoms with van der Waals surface area (Å²) in [6.07, 6.45) is 16.0. The summed E-state index contributed by atoms with van der Waals surface area (Å²) < 4.78 is 29.0. The number of fused-ring (bicyclic) bond motifs is 6. The molecular weight excluding hydrogens is 664 g/mol. The molecule has 0 N–H and O–H groups in total. The first-order valence-electron chi connectivity index (χ1n) is 20.3. The molecule has 7 heteroatoms. The van der Waals surface area contributed by atoms with Crippen LogP contribution in [0.15, 0.2) is 63.3 Å². The maximum Gasteiger partial charge on any atom is 0.344 e. The van der Waals surface area contributed by atoms with Crippen molar-refractivity contribution in [2.45, 2.75) is 118 Å². The SMILES string of the molecule is COc1cccc(Oc2c(C)oc3cc(OCC(=O)OC4CCC5(C)C(=CCC6C5CCC5(C)C(C(C)CCCC(C)C)CCC65)C4)ccc3c2=O)c1. The van der Waals surface area contributed by atoms with E-state index in [0.717, 1.165) is 54.8 Å². The number of aryl methyl sites for hydroxylation is 1. The van der Waals surface area contributed by atoms with Gasteiger partial charge in [-0.2, -0.15) is 0 Å². The van der Waals surface area contributed by atoms with Gasteiger partial charge in [0.05, 0.1) is 12.5 Å². The number of hydrogen-bond acceptors (Lipinski definition) is 7. The van der Waals surface area contributed by atoms with Crippen molar-refractivity contribution < 1.29 is 28.2 Å². The topological polar surface area (TPSA) is 84.2 Å². The van der Waals surface area contributed by atoms with Crippen LogP contribution in [0, 0.1) is 53.3 Å². The van der Waals surface area contributed by atoms with Crippen molar-refractivity contribution >= 4 is 16.9 Å². The minimum Gasteiger partial charge on any atom is -0.497 e. The molecule has 7 nitrogen and oxygen atoms in total. The smallest absolute Gasteiger partial charge is 0.344 e. The predicted octanol–water partition coefficient (Wildman–Crippen LogP) is 11.2. The maximum atomic E-state index is 13.3. The normalized spacial score (nSPS) is 29.8. The zero-order valence-corrected chi connectivity index (χ0v) is 33.0. The van der Waals surface area contributed by atoms with Crippen LogP contribution in [-0.2, 0) is 9.53 Å². The van der Waals surface area contributed by atoms with Crippen LogP contribution in [0.1, 0.15) is 111 Å². The molecule has 1 aromatic heterocycles. The van der Waals surface area contributed by atoms with Gasteiger partial charge in [-0.3, -0.25) is 4.79 Å². The molecule has 8 unspecified atom stereocenters. The Morgan fingerprint density at radius 2 is 1.75 bits per heavy atom. The number of esters is 1. The third-order valence-corrected chi connectivity index (χ3v) is 14.2. The first-order chi connectivity index (χ1) is 25.4. The predicted molar refractivity (Wildman–Crippen MR) is 209 cm³/mol. The van der Waals surface area contributed by atoms with Gasteiger partial charge in [0, 0.05) is 18.6 Å². The van der Waals surface area contributed by atoms with Gasteiger partial charge in [0.2, 0.25) is 11.2 Å². The van der Waals surface area contributed by atoms with Crippen LogP contribution in [0.2, 0.25) is 0 Å². The second kappa shape index (κ2) is 15.2. The van der Waals surface area contributed by atoms with E-state index in [1.807, 2.05) is 0 Å². The van der Waals surface area contributed by atoms with Gasteiger partial charge in [0.15, 0.2) is 6.61 Å². The van der Waals surface area contributed by atoms with Gasteiger partial charge in [0.25, 0.3) is 0 Å². The van der Waals surface area contributed by atoms with Gasteiger partial charge >= 0.3 is 5.97 Å². The van der Waals surface area contributed by atoms with Crippen molar-refractivity contribution in [2.75, 3.05) is 13.7 Å². The van der Waals surface area contributed by atoms with Gasteiger partial charge in [-0.25, -0.2) is 4.79 Å². The van der Waals surface area contributed by atoms with Crippen LogP contribution >= 0.6 is 0 Å². The Balaban J connectivity index is 0.944. The molecular formula is C46H60O7. The molecule has 3 saturated carbocycles. The third-order valence-electron chi connectivity index (χ3n) is 14.2. The van der Waals surface area contributed by atoms with Gasteiger partial charge in [-0.15, -0.1) is 0 Å². The minimum absolute atomic E-state index is 0.113. The Hall–Kier alpha value is -3.74. The highest BCUT2D eigenvalue weighted by atomic mass is 16.6. The fraction of sp³-hybridized carbons (Fsp3) is 0.609. The van der Waals surface area contributed by atoms with Crippen LogP contribution in [-0.4, -0.2) is 25.8 Å². The van der Waals surface area contributed by atoms with E-state index in [0.29, 0.717) is 39.4 Å². The number of benzene rings is 2. The van der Waals surface area contributed by atoms with Crippen molar-refractivity contribution in [3.8, 4) is 23.0 Å². The fourth-order valence-corrected chi connectivity index (χ4v) is 11.4. The van der Waals surface area contributed by atoms with Gasteiger partial charge in [-0.1, -0.05) is 71.6 Å². The summed E-state index contributed by atoms with van der Waals surface area (Å²) in [5.74, 6) is 6.45. The van der Waals surface area contributed by atoms with Gasteiger partial charge in [0.1, 0.15) is 34.7 Å².